The van der Waals surface area contributed by atoms with E-state index in [9.17, 15) is 4.91 Å². The molecule has 0 aliphatic carbocycles. The third-order valence-corrected chi connectivity index (χ3v) is 2.88. The smallest absolute Gasteiger partial charge is 0.108 e. The number of nitroso groups, excluding NO2 is 1. The summed E-state index contributed by atoms with van der Waals surface area (Å²) in [5.41, 5.74) is 1.69. The maximum atomic E-state index is 10.4. The summed E-state index contributed by atoms with van der Waals surface area (Å²) in [5.74, 6) is 0. The predicted molar refractivity (Wildman–Crippen MR) is 81.2 cm³/mol. The Kier molecular flexibility index (Phi) is 9.29. The third-order valence-electron chi connectivity index (χ3n) is 2.88. The molecule has 18 heavy (non-hydrogen) atoms. The molecule has 0 unspecified atom stereocenters. The van der Waals surface area contributed by atoms with E-state index in [-0.39, 0.29) is 12.4 Å². The number of rotatable bonds is 8. The molecule has 0 bridgehead atoms. The summed E-state index contributed by atoms with van der Waals surface area (Å²) in [6.07, 6.45) is 4.82. The van der Waals surface area contributed by atoms with Crippen LogP contribution in [0.5, 0.6) is 0 Å². The number of unbranched alkanes of at least 4 members (excludes halogenated alkanes) is 2. The van der Waals surface area contributed by atoms with Crippen molar-refractivity contribution in [2.75, 3.05) is 18.0 Å². The zero-order valence-electron chi connectivity index (χ0n) is 11.3. The van der Waals surface area contributed by atoms with Crippen LogP contribution in [-0.4, -0.2) is 13.1 Å². The summed E-state index contributed by atoms with van der Waals surface area (Å²) in [4.78, 5) is 12.8. The minimum Gasteiger partial charge on any atom is -0.372 e. The summed E-state index contributed by atoms with van der Waals surface area (Å²) in [7, 11) is 0. The van der Waals surface area contributed by atoms with Crippen LogP contribution < -0.4 is 4.90 Å². The molecule has 102 valence electrons. The van der Waals surface area contributed by atoms with Crippen LogP contribution in [0.25, 0.3) is 0 Å². The van der Waals surface area contributed by atoms with E-state index >= 15 is 0 Å². The Morgan fingerprint density at radius 2 is 1.50 bits per heavy atom. The molecule has 1 aromatic carbocycles. The summed E-state index contributed by atoms with van der Waals surface area (Å²) in [5, 5.41) is 2.93. The standard InChI is InChI=1S/C14H22N2O.ClH/c1-3-5-11-16(12-6-4-2)14-9-7-13(15-17)8-10-14;/h7-10H,3-6,11-12H2,1-2H3;1H. The van der Waals surface area contributed by atoms with Crippen LogP contribution in [0.15, 0.2) is 29.4 Å². The van der Waals surface area contributed by atoms with E-state index in [1.165, 1.54) is 31.4 Å². The maximum Gasteiger partial charge on any atom is 0.108 e. The van der Waals surface area contributed by atoms with E-state index < -0.39 is 0 Å². The van der Waals surface area contributed by atoms with Gasteiger partial charge in [0.15, 0.2) is 0 Å². The molecule has 0 saturated heterocycles. The first-order valence-corrected chi connectivity index (χ1v) is 6.50. The van der Waals surface area contributed by atoms with Gasteiger partial charge in [-0.2, -0.15) is 0 Å². The van der Waals surface area contributed by atoms with E-state index in [0.29, 0.717) is 5.69 Å². The van der Waals surface area contributed by atoms with Gasteiger partial charge in [-0.15, -0.1) is 17.3 Å². The van der Waals surface area contributed by atoms with Crippen LogP contribution in [0.1, 0.15) is 39.5 Å². The van der Waals surface area contributed by atoms with Crippen molar-refractivity contribution in [2.24, 2.45) is 5.18 Å². The molecule has 3 nitrogen and oxygen atoms in total. The Hall–Kier alpha value is -1.09. The third kappa shape index (κ3) is 5.50. The fourth-order valence-electron chi connectivity index (χ4n) is 1.79. The van der Waals surface area contributed by atoms with Gasteiger partial charge in [0.2, 0.25) is 0 Å². The lowest BCUT2D eigenvalue weighted by molar-refractivity contribution is 0.678. The zero-order chi connectivity index (χ0) is 12.5. The Morgan fingerprint density at radius 1 is 1.00 bits per heavy atom. The molecule has 0 radical (unpaired) electrons. The predicted octanol–water partition coefficient (Wildman–Crippen LogP) is 4.91. The van der Waals surface area contributed by atoms with Crippen LogP contribution in [0.3, 0.4) is 0 Å². The second kappa shape index (κ2) is 9.89. The highest BCUT2D eigenvalue weighted by Crippen LogP contribution is 2.20. The highest BCUT2D eigenvalue weighted by Gasteiger charge is 2.05. The van der Waals surface area contributed by atoms with E-state index in [0.717, 1.165) is 13.1 Å². The lowest BCUT2D eigenvalue weighted by Gasteiger charge is -2.24. The van der Waals surface area contributed by atoms with Crippen molar-refractivity contribution in [1.29, 1.82) is 0 Å². The van der Waals surface area contributed by atoms with E-state index in [1.54, 1.807) is 12.1 Å². The molecule has 0 fully saturated rings. The first-order chi connectivity index (χ1) is 8.31. The van der Waals surface area contributed by atoms with Crippen molar-refractivity contribution in [3.05, 3.63) is 29.2 Å². The van der Waals surface area contributed by atoms with Crippen LogP contribution >= 0.6 is 12.4 Å². The van der Waals surface area contributed by atoms with Crippen molar-refractivity contribution < 1.29 is 0 Å². The van der Waals surface area contributed by atoms with Crippen LogP contribution in [0, 0.1) is 4.91 Å². The fraction of sp³-hybridized carbons (Fsp3) is 0.571. The number of anilines is 1. The molecule has 0 aromatic heterocycles. The highest BCUT2D eigenvalue weighted by molar-refractivity contribution is 5.85. The number of benzene rings is 1. The normalized spacial score (nSPS) is 9.67. The Labute approximate surface area is 116 Å². The molecule has 0 N–H and O–H groups in total. The molecular weight excluding hydrogens is 248 g/mol. The molecule has 0 aliphatic rings. The minimum absolute atomic E-state index is 0. The average molecular weight is 271 g/mol. The fourth-order valence-corrected chi connectivity index (χ4v) is 1.79. The number of halogens is 1. The molecule has 0 spiro atoms. The largest absolute Gasteiger partial charge is 0.372 e. The average Bonchev–Trinajstić information content (AvgIpc) is 2.39. The molecule has 0 atom stereocenters. The number of nitrogens with zero attached hydrogens (tertiary/aromatic N) is 2. The number of hydrogen-bond acceptors (Lipinski definition) is 3. The van der Waals surface area contributed by atoms with Crippen LogP contribution in [0.4, 0.5) is 11.4 Å². The SMILES string of the molecule is CCCCN(CCCC)c1ccc(N=O)cc1.Cl. The van der Waals surface area contributed by atoms with Gasteiger partial charge in [0.05, 0.1) is 0 Å². The van der Waals surface area contributed by atoms with Gasteiger partial charge in [0.1, 0.15) is 5.69 Å². The topological polar surface area (TPSA) is 32.7 Å². The second-order valence-electron chi connectivity index (χ2n) is 4.30. The summed E-state index contributed by atoms with van der Waals surface area (Å²) in [6, 6.07) is 7.55. The van der Waals surface area contributed by atoms with Crippen molar-refractivity contribution in [3.8, 4) is 0 Å². The molecule has 4 heteroatoms. The second-order valence-corrected chi connectivity index (χ2v) is 4.30. The maximum absolute atomic E-state index is 10.4. The molecular formula is C14H23ClN2O. The first-order valence-electron chi connectivity index (χ1n) is 6.50. The zero-order valence-corrected chi connectivity index (χ0v) is 12.1. The molecule has 0 heterocycles. The van der Waals surface area contributed by atoms with Gasteiger partial charge < -0.3 is 4.90 Å². The van der Waals surface area contributed by atoms with Gasteiger partial charge in [-0.1, -0.05) is 26.7 Å². The monoisotopic (exact) mass is 270 g/mol. The first kappa shape index (κ1) is 16.9. The Morgan fingerprint density at radius 3 is 1.89 bits per heavy atom. The van der Waals surface area contributed by atoms with Crippen LogP contribution in [-0.2, 0) is 0 Å². The Bertz CT molecular complexity index is 319. The molecule has 1 aromatic rings. The number of hydrogen-bond donors (Lipinski definition) is 0. The lowest BCUT2D eigenvalue weighted by Crippen LogP contribution is -2.25. The molecule has 1 rings (SSSR count). The summed E-state index contributed by atoms with van der Waals surface area (Å²) in [6.45, 7) is 6.59. The lowest BCUT2D eigenvalue weighted by atomic mass is 10.2. The van der Waals surface area contributed by atoms with Gasteiger partial charge in [-0.3, -0.25) is 0 Å². The van der Waals surface area contributed by atoms with Gasteiger partial charge in [0.25, 0.3) is 0 Å². The van der Waals surface area contributed by atoms with Crippen molar-refractivity contribution >= 4 is 23.8 Å². The van der Waals surface area contributed by atoms with E-state index in [1.807, 2.05) is 12.1 Å². The van der Waals surface area contributed by atoms with Crippen LogP contribution in [0.2, 0.25) is 0 Å². The molecule has 0 aliphatic heterocycles. The van der Waals surface area contributed by atoms with Crippen molar-refractivity contribution in [3.63, 3.8) is 0 Å². The van der Waals surface area contributed by atoms with Gasteiger partial charge in [0, 0.05) is 18.8 Å². The molecule has 0 amide bonds. The van der Waals surface area contributed by atoms with Crippen molar-refractivity contribution in [2.45, 2.75) is 39.5 Å². The summed E-state index contributed by atoms with van der Waals surface area (Å²) >= 11 is 0. The van der Waals surface area contributed by atoms with Crippen molar-refractivity contribution in [1.82, 2.24) is 0 Å². The quantitative estimate of drug-likeness (QED) is 0.629. The van der Waals surface area contributed by atoms with Gasteiger partial charge >= 0.3 is 0 Å². The Balaban J connectivity index is 0.00000289. The minimum atomic E-state index is 0. The summed E-state index contributed by atoms with van der Waals surface area (Å²) < 4.78 is 0. The van der Waals surface area contributed by atoms with E-state index in [2.05, 4.69) is 23.9 Å². The molecule has 0 saturated carbocycles. The van der Waals surface area contributed by atoms with Gasteiger partial charge in [-0.05, 0) is 42.3 Å². The highest BCUT2D eigenvalue weighted by atomic mass is 35.5. The van der Waals surface area contributed by atoms with E-state index in [4.69, 9.17) is 0 Å². The van der Waals surface area contributed by atoms with Gasteiger partial charge in [-0.25, -0.2) is 0 Å².